The topological polar surface area (TPSA) is 45.2 Å². The average molecular weight is 299 g/mol. The molecule has 3 nitrogen and oxygen atoms in total. The lowest BCUT2D eigenvalue weighted by molar-refractivity contribution is 0.0166. The third kappa shape index (κ3) is 3.42. The van der Waals surface area contributed by atoms with Gasteiger partial charge in [0, 0.05) is 17.2 Å². The maximum absolute atomic E-state index is 10.4. The summed E-state index contributed by atoms with van der Waals surface area (Å²) in [6.07, 6.45) is 7.08. The van der Waals surface area contributed by atoms with Crippen LogP contribution in [0.1, 0.15) is 37.7 Å². The molecule has 0 radical (unpaired) electrons. The SMILES string of the molecule is Cc1cc(Br)cnc1NCC1(O)CCCCC1. The van der Waals surface area contributed by atoms with Crippen molar-refractivity contribution < 1.29 is 5.11 Å². The minimum Gasteiger partial charge on any atom is -0.388 e. The van der Waals surface area contributed by atoms with Gasteiger partial charge in [-0.3, -0.25) is 0 Å². The van der Waals surface area contributed by atoms with Crippen LogP contribution in [0.5, 0.6) is 0 Å². The fourth-order valence-electron chi connectivity index (χ4n) is 2.36. The summed E-state index contributed by atoms with van der Waals surface area (Å²) in [7, 11) is 0. The van der Waals surface area contributed by atoms with Crippen molar-refractivity contribution in [3.8, 4) is 0 Å². The Kier molecular flexibility index (Phi) is 4.05. The van der Waals surface area contributed by atoms with Gasteiger partial charge >= 0.3 is 0 Å². The van der Waals surface area contributed by atoms with Crippen LogP contribution < -0.4 is 5.32 Å². The molecule has 0 aromatic carbocycles. The molecule has 1 heterocycles. The van der Waals surface area contributed by atoms with Gasteiger partial charge in [0.1, 0.15) is 5.82 Å². The molecule has 0 aliphatic heterocycles. The molecule has 0 amide bonds. The van der Waals surface area contributed by atoms with Crippen LogP contribution in [0, 0.1) is 6.92 Å². The highest BCUT2D eigenvalue weighted by Crippen LogP contribution is 2.28. The van der Waals surface area contributed by atoms with Gasteiger partial charge in [-0.15, -0.1) is 0 Å². The molecule has 1 aromatic heterocycles. The molecule has 0 bridgehead atoms. The van der Waals surface area contributed by atoms with E-state index < -0.39 is 5.60 Å². The van der Waals surface area contributed by atoms with Crippen LogP contribution >= 0.6 is 15.9 Å². The predicted octanol–water partition coefficient (Wildman–Crippen LogP) is 3.26. The van der Waals surface area contributed by atoms with E-state index in [1.807, 2.05) is 13.0 Å². The minimum atomic E-state index is -0.542. The molecule has 94 valence electrons. The standard InChI is InChI=1S/C13H19BrN2O/c1-10-7-11(14)8-15-12(10)16-9-13(17)5-3-2-4-6-13/h7-8,17H,2-6,9H2,1H3,(H,15,16). The third-order valence-electron chi connectivity index (χ3n) is 3.41. The fraction of sp³-hybridized carbons (Fsp3) is 0.615. The Morgan fingerprint density at radius 2 is 2.12 bits per heavy atom. The molecular weight excluding hydrogens is 280 g/mol. The normalized spacial score (nSPS) is 19.0. The van der Waals surface area contributed by atoms with Crippen LogP contribution in [-0.2, 0) is 0 Å². The number of hydrogen-bond acceptors (Lipinski definition) is 3. The first-order chi connectivity index (χ1) is 8.09. The van der Waals surface area contributed by atoms with E-state index in [4.69, 9.17) is 0 Å². The van der Waals surface area contributed by atoms with Crippen molar-refractivity contribution in [1.82, 2.24) is 4.98 Å². The van der Waals surface area contributed by atoms with E-state index in [-0.39, 0.29) is 0 Å². The number of aromatic nitrogens is 1. The number of nitrogens with zero attached hydrogens (tertiary/aromatic N) is 1. The monoisotopic (exact) mass is 298 g/mol. The Morgan fingerprint density at radius 1 is 1.41 bits per heavy atom. The maximum Gasteiger partial charge on any atom is 0.129 e. The van der Waals surface area contributed by atoms with Gasteiger partial charge in [0.05, 0.1) is 5.60 Å². The number of anilines is 1. The second kappa shape index (κ2) is 5.36. The zero-order valence-corrected chi connectivity index (χ0v) is 11.8. The highest BCUT2D eigenvalue weighted by atomic mass is 79.9. The first-order valence-corrected chi connectivity index (χ1v) is 6.97. The van der Waals surface area contributed by atoms with Crippen molar-refractivity contribution >= 4 is 21.7 Å². The lowest BCUT2D eigenvalue weighted by Crippen LogP contribution is -2.39. The average Bonchev–Trinajstić information content (AvgIpc) is 2.29. The summed E-state index contributed by atoms with van der Waals surface area (Å²) in [5.74, 6) is 0.868. The van der Waals surface area contributed by atoms with E-state index >= 15 is 0 Å². The van der Waals surface area contributed by atoms with Gasteiger partial charge in [-0.05, 0) is 47.3 Å². The number of hydrogen-bond donors (Lipinski definition) is 2. The Bertz CT molecular complexity index is 389. The summed E-state index contributed by atoms with van der Waals surface area (Å²) in [5.41, 5.74) is 0.554. The molecule has 0 spiro atoms. The molecule has 2 rings (SSSR count). The second-order valence-electron chi connectivity index (χ2n) is 4.96. The molecular formula is C13H19BrN2O. The number of halogens is 1. The quantitative estimate of drug-likeness (QED) is 0.900. The van der Waals surface area contributed by atoms with Crippen molar-refractivity contribution in [1.29, 1.82) is 0 Å². The highest BCUT2D eigenvalue weighted by Gasteiger charge is 2.28. The van der Waals surface area contributed by atoms with Crippen molar-refractivity contribution in [3.05, 3.63) is 22.3 Å². The van der Waals surface area contributed by atoms with E-state index in [0.717, 1.165) is 41.5 Å². The molecule has 1 aromatic rings. The van der Waals surface area contributed by atoms with Gasteiger partial charge in [0.25, 0.3) is 0 Å². The second-order valence-corrected chi connectivity index (χ2v) is 5.87. The Balaban J connectivity index is 1.97. The molecule has 4 heteroatoms. The summed E-state index contributed by atoms with van der Waals surface area (Å²) < 4.78 is 0.983. The summed E-state index contributed by atoms with van der Waals surface area (Å²) in [6, 6.07) is 2.03. The maximum atomic E-state index is 10.4. The zero-order valence-electron chi connectivity index (χ0n) is 10.2. The largest absolute Gasteiger partial charge is 0.388 e. The summed E-state index contributed by atoms with van der Waals surface area (Å²) in [5, 5.41) is 13.6. The van der Waals surface area contributed by atoms with Gasteiger partial charge in [-0.25, -0.2) is 4.98 Å². The first kappa shape index (κ1) is 12.8. The number of rotatable bonds is 3. The lowest BCUT2D eigenvalue weighted by Gasteiger charge is -2.32. The molecule has 0 saturated heterocycles. The molecule has 0 atom stereocenters. The van der Waals surface area contributed by atoms with Crippen molar-refractivity contribution in [2.24, 2.45) is 0 Å². The number of aliphatic hydroxyl groups is 1. The van der Waals surface area contributed by atoms with E-state index in [0.29, 0.717) is 6.54 Å². The van der Waals surface area contributed by atoms with Gasteiger partial charge in [0.15, 0.2) is 0 Å². The van der Waals surface area contributed by atoms with Crippen LogP contribution in [-0.4, -0.2) is 22.2 Å². The van der Waals surface area contributed by atoms with Crippen LogP contribution in [0.2, 0.25) is 0 Å². The van der Waals surface area contributed by atoms with Crippen molar-refractivity contribution in [3.63, 3.8) is 0 Å². The van der Waals surface area contributed by atoms with E-state index in [9.17, 15) is 5.11 Å². The Hall–Kier alpha value is -0.610. The van der Waals surface area contributed by atoms with Crippen molar-refractivity contribution in [2.75, 3.05) is 11.9 Å². The van der Waals surface area contributed by atoms with Crippen LogP contribution in [0.25, 0.3) is 0 Å². The van der Waals surface area contributed by atoms with Crippen LogP contribution in [0.4, 0.5) is 5.82 Å². The van der Waals surface area contributed by atoms with Gasteiger partial charge in [-0.2, -0.15) is 0 Å². The summed E-state index contributed by atoms with van der Waals surface area (Å²) in [6.45, 7) is 2.62. The molecule has 1 fully saturated rings. The third-order valence-corrected chi connectivity index (χ3v) is 3.85. The Labute approximate surface area is 111 Å². The van der Waals surface area contributed by atoms with Crippen molar-refractivity contribution in [2.45, 2.75) is 44.6 Å². The van der Waals surface area contributed by atoms with Gasteiger partial charge in [-0.1, -0.05) is 19.3 Å². The Morgan fingerprint density at radius 3 is 2.76 bits per heavy atom. The van der Waals surface area contributed by atoms with E-state index in [1.54, 1.807) is 6.20 Å². The molecule has 1 aliphatic carbocycles. The molecule has 1 saturated carbocycles. The fourth-order valence-corrected chi connectivity index (χ4v) is 2.81. The minimum absolute atomic E-state index is 0.542. The number of nitrogens with one attached hydrogen (secondary N) is 1. The predicted molar refractivity (Wildman–Crippen MR) is 73.2 cm³/mol. The van der Waals surface area contributed by atoms with E-state index in [2.05, 4.69) is 26.2 Å². The summed E-state index contributed by atoms with van der Waals surface area (Å²) in [4.78, 5) is 4.32. The van der Waals surface area contributed by atoms with Crippen LogP contribution in [0.15, 0.2) is 16.7 Å². The molecule has 17 heavy (non-hydrogen) atoms. The highest BCUT2D eigenvalue weighted by molar-refractivity contribution is 9.10. The van der Waals surface area contributed by atoms with Crippen LogP contribution in [0.3, 0.4) is 0 Å². The first-order valence-electron chi connectivity index (χ1n) is 6.17. The van der Waals surface area contributed by atoms with Gasteiger partial charge in [0.2, 0.25) is 0 Å². The van der Waals surface area contributed by atoms with E-state index in [1.165, 1.54) is 6.42 Å². The molecule has 0 unspecified atom stereocenters. The smallest absolute Gasteiger partial charge is 0.129 e. The molecule has 1 aliphatic rings. The molecule has 2 N–H and O–H groups in total. The van der Waals surface area contributed by atoms with Gasteiger partial charge < -0.3 is 10.4 Å². The lowest BCUT2D eigenvalue weighted by atomic mass is 9.85. The number of pyridine rings is 1. The number of aryl methyl sites for hydroxylation is 1. The summed E-state index contributed by atoms with van der Waals surface area (Å²) >= 11 is 3.39. The zero-order chi connectivity index (χ0) is 12.3.